The van der Waals surface area contributed by atoms with Crippen LogP contribution in [0.25, 0.3) is 10.9 Å². The average Bonchev–Trinajstić information content (AvgIpc) is 3.02. The number of piperazine rings is 1. The number of amides is 1. The molecule has 1 atom stereocenters. The number of H-pyrrole nitrogens is 1. The second kappa shape index (κ2) is 5.90. The number of hydrogen-bond acceptors (Lipinski definition) is 2. The molecule has 0 radical (unpaired) electrons. The van der Waals surface area contributed by atoms with Gasteiger partial charge in [0.15, 0.2) is 0 Å². The van der Waals surface area contributed by atoms with Gasteiger partial charge in [-0.05, 0) is 25.5 Å². The monoisotopic (exact) mass is 285 g/mol. The van der Waals surface area contributed by atoms with Gasteiger partial charge in [-0.2, -0.15) is 0 Å². The minimum absolute atomic E-state index is 0.145. The van der Waals surface area contributed by atoms with Crippen LogP contribution in [-0.4, -0.2) is 52.9 Å². The summed E-state index contributed by atoms with van der Waals surface area (Å²) < 4.78 is 0. The van der Waals surface area contributed by atoms with E-state index in [1.54, 1.807) is 0 Å². The molecule has 1 unspecified atom stereocenters. The van der Waals surface area contributed by atoms with E-state index in [1.807, 2.05) is 35.4 Å². The Balaban J connectivity index is 1.74. The molecule has 1 saturated heterocycles. The minimum Gasteiger partial charge on any atom is -0.361 e. The van der Waals surface area contributed by atoms with Crippen molar-refractivity contribution >= 4 is 16.8 Å². The molecule has 2 heterocycles. The van der Waals surface area contributed by atoms with Gasteiger partial charge in [-0.1, -0.05) is 19.1 Å². The Kier molecular flexibility index (Phi) is 3.97. The zero-order chi connectivity index (χ0) is 14.8. The van der Waals surface area contributed by atoms with E-state index < -0.39 is 0 Å². The van der Waals surface area contributed by atoms with Gasteiger partial charge < -0.3 is 9.88 Å². The van der Waals surface area contributed by atoms with Crippen molar-refractivity contribution in [3.8, 4) is 0 Å². The number of fused-ring (bicyclic) bond motifs is 1. The second-order valence-electron chi connectivity index (χ2n) is 5.83. The van der Waals surface area contributed by atoms with Gasteiger partial charge in [-0.25, -0.2) is 0 Å². The fourth-order valence-electron chi connectivity index (χ4n) is 3.06. The molecule has 1 aliphatic heterocycles. The highest BCUT2D eigenvalue weighted by Gasteiger charge is 2.25. The number of hydrogen-bond donors (Lipinski definition) is 1. The highest BCUT2D eigenvalue weighted by atomic mass is 16.2. The van der Waals surface area contributed by atoms with Crippen LogP contribution in [0, 0.1) is 0 Å². The SMILES string of the molecule is CCC(C)N1CCN(C(=O)c2cccc3cc[nH]c23)CC1. The van der Waals surface area contributed by atoms with Crippen LogP contribution in [0.1, 0.15) is 30.6 Å². The molecule has 0 spiro atoms. The lowest BCUT2D eigenvalue weighted by Gasteiger charge is -2.37. The highest BCUT2D eigenvalue weighted by Crippen LogP contribution is 2.19. The molecule has 2 aromatic rings. The highest BCUT2D eigenvalue weighted by molar-refractivity contribution is 6.05. The fraction of sp³-hybridized carbons (Fsp3) is 0.471. The summed E-state index contributed by atoms with van der Waals surface area (Å²) in [7, 11) is 0. The number of nitrogens with one attached hydrogen (secondary N) is 1. The smallest absolute Gasteiger partial charge is 0.256 e. The third-order valence-electron chi connectivity index (χ3n) is 4.63. The molecule has 0 saturated carbocycles. The van der Waals surface area contributed by atoms with Crippen LogP contribution in [0.2, 0.25) is 0 Å². The zero-order valence-corrected chi connectivity index (χ0v) is 12.8. The van der Waals surface area contributed by atoms with Crippen LogP contribution in [0.4, 0.5) is 0 Å². The van der Waals surface area contributed by atoms with E-state index in [1.165, 1.54) is 0 Å². The van der Waals surface area contributed by atoms with E-state index in [2.05, 4.69) is 23.7 Å². The van der Waals surface area contributed by atoms with Gasteiger partial charge in [0.05, 0.1) is 11.1 Å². The largest absolute Gasteiger partial charge is 0.361 e. The Morgan fingerprint density at radius 2 is 2.00 bits per heavy atom. The van der Waals surface area contributed by atoms with E-state index in [0.717, 1.165) is 49.1 Å². The molecule has 4 nitrogen and oxygen atoms in total. The van der Waals surface area contributed by atoms with Crippen molar-refractivity contribution in [3.05, 3.63) is 36.0 Å². The number of nitrogens with zero attached hydrogens (tertiary/aromatic N) is 2. The molecule has 0 aliphatic carbocycles. The molecule has 1 amide bonds. The summed E-state index contributed by atoms with van der Waals surface area (Å²) in [5.74, 6) is 0.145. The van der Waals surface area contributed by atoms with Crippen LogP contribution < -0.4 is 0 Å². The molecule has 3 rings (SSSR count). The van der Waals surface area contributed by atoms with Crippen molar-refractivity contribution in [2.24, 2.45) is 0 Å². The minimum atomic E-state index is 0.145. The van der Waals surface area contributed by atoms with Crippen molar-refractivity contribution in [2.75, 3.05) is 26.2 Å². The Morgan fingerprint density at radius 1 is 1.24 bits per heavy atom. The Hall–Kier alpha value is -1.81. The van der Waals surface area contributed by atoms with Crippen molar-refractivity contribution in [2.45, 2.75) is 26.3 Å². The van der Waals surface area contributed by atoms with Gasteiger partial charge in [0.25, 0.3) is 5.91 Å². The molecule has 1 aromatic heterocycles. The van der Waals surface area contributed by atoms with Gasteiger partial charge in [0.2, 0.25) is 0 Å². The van der Waals surface area contributed by atoms with Crippen molar-refractivity contribution < 1.29 is 4.79 Å². The van der Waals surface area contributed by atoms with Crippen molar-refractivity contribution in [3.63, 3.8) is 0 Å². The van der Waals surface area contributed by atoms with E-state index in [9.17, 15) is 4.79 Å². The zero-order valence-electron chi connectivity index (χ0n) is 12.8. The maximum atomic E-state index is 12.7. The maximum absolute atomic E-state index is 12.7. The Labute approximate surface area is 125 Å². The molecule has 112 valence electrons. The normalized spacial score (nSPS) is 18.1. The van der Waals surface area contributed by atoms with Crippen LogP contribution in [0.3, 0.4) is 0 Å². The molecule has 4 heteroatoms. The molecule has 1 fully saturated rings. The lowest BCUT2D eigenvalue weighted by atomic mass is 10.1. The molecular weight excluding hydrogens is 262 g/mol. The third kappa shape index (κ3) is 2.68. The van der Waals surface area contributed by atoms with Crippen LogP contribution in [-0.2, 0) is 0 Å². The summed E-state index contributed by atoms with van der Waals surface area (Å²) in [6.45, 7) is 8.06. The third-order valence-corrected chi connectivity index (χ3v) is 4.63. The quantitative estimate of drug-likeness (QED) is 0.942. The summed E-state index contributed by atoms with van der Waals surface area (Å²) in [5, 5.41) is 1.10. The topological polar surface area (TPSA) is 39.3 Å². The van der Waals surface area contributed by atoms with Gasteiger partial charge >= 0.3 is 0 Å². The average molecular weight is 285 g/mol. The number of rotatable bonds is 3. The number of aromatic nitrogens is 1. The summed E-state index contributed by atoms with van der Waals surface area (Å²) in [4.78, 5) is 20.4. The van der Waals surface area contributed by atoms with E-state index in [4.69, 9.17) is 0 Å². The van der Waals surface area contributed by atoms with Crippen molar-refractivity contribution in [1.82, 2.24) is 14.8 Å². The number of benzene rings is 1. The first kappa shape index (κ1) is 14.1. The standard InChI is InChI=1S/C17H23N3O/c1-3-13(2)19-9-11-20(12-10-19)17(21)15-6-4-5-14-7-8-18-16(14)15/h4-8,13,18H,3,9-12H2,1-2H3. The predicted molar refractivity (Wildman–Crippen MR) is 85.5 cm³/mol. The van der Waals surface area contributed by atoms with Gasteiger partial charge in [0, 0.05) is 43.8 Å². The summed E-state index contributed by atoms with van der Waals surface area (Å²) >= 11 is 0. The molecular formula is C17H23N3O. The molecule has 21 heavy (non-hydrogen) atoms. The molecule has 1 aromatic carbocycles. The van der Waals surface area contributed by atoms with Crippen LogP contribution in [0.5, 0.6) is 0 Å². The van der Waals surface area contributed by atoms with Gasteiger partial charge in [-0.3, -0.25) is 9.69 Å². The summed E-state index contributed by atoms with van der Waals surface area (Å²) in [6.07, 6.45) is 3.05. The number of aromatic amines is 1. The van der Waals surface area contributed by atoms with E-state index in [0.29, 0.717) is 6.04 Å². The number of carbonyl (C=O) groups is 1. The molecule has 0 bridgehead atoms. The first-order chi connectivity index (χ1) is 10.2. The van der Waals surface area contributed by atoms with Crippen LogP contribution in [0.15, 0.2) is 30.5 Å². The van der Waals surface area contributed by atoms with Gasteiger partial charge in [-0.15, -0.1) is 0 Å². The lowest BCUT2D eigenvalue weighted by Crippen LogP contribution is -2.51. The fourth-order valence-corrected chi connectivity index (χ4v) is 3.06. The van der Waals surface area contributed by atoms with Crippen molar-refractivity contribution in [1.29, 1.82) is 0 Å². The second-order valence-corrected chi connectivity index (χ2v) is 5.83. The first-order valence-corrected chi connectivity index (χ1v) is 7.80. The number of para-hydroxylation sites is 1. The Bertz CT molecular complexity index is 626. The Morgan fingerprint density at radius 3 is 2.71 bits per heavy atom. The number of carbonyl (C=O) groups excluding carboxylic acids is 1. The predicted octanol–water partition coefficient (Wildman–Crippen LogP) is 2.72. The van der Waals surface area contributed by atoms with Gasteiger partial charge in [0.1, 0.15) is 0 Å². The van der Waals surface area contributed by atoms with Crippen LogP contribution >= 0.6 is 0 Å². The summed E-state index contributed by atoms with van der Waals surface area (Å²) in [5.41, 5.74) is 1.74. The van der Waals surface area contributed by atoms with E-state index in [-0.39, 0.29) is 5.91 Å². The summed E-state index contributed by atoms with van der Waals surface area (Å²) in [6, 6.07) is 8.52. The van der Waals surface area contributed by atoms with E-state index >= 15 is 0 Å². The lowest BCUT2D eigenvalue weighted by molar-refractivity contribution is 0.0581. The first-order valence-electron chi connectivity index (χ1n) is 7.80. The molecule has 1 N–H and O–H groups in total. The maximum Gasteiger partial charge on any atom is 0.256 e. The molecule has 1 aliphatic rings.